The van der Waals surface area contributed by atoms with Crippen LogP contribution in [0.1, 0.15) is 0 Å². The molecule has 3 rings (SSSR count). The maximum Gasteiger partial charge on any atom is 0.240 e. The van der Waals surface area contributed by atoms with Crippen LogP contribution in [0.5, 0.6) is 0 Å². The number of nitrogens with zero attached hydrogens (tertiary/aromatic N) is 4. The fraction of sp³-hybridized carbons (Fsp3) is 0. The highest BCUT2D eigenvalue weighted by Crippen LogP contribution is 2.29. The molecule has 0 aliphatic carbocycles. The summed E-state index contributed by atoms with van der Waals surface area (Å²) in [6.07, 6.45) is 1.99. The lowest BCUT2D eigenvalue weighted by atomic mass is 10.3. The lowest BCUT2D eigenvalue weighted by Crippen LogP contribution is -2.17. The van der Waals surface area contributed by atoms with Crippen LogP contribution in [0.15, 0.2) is 24.5 Å². The number of aromatic amines is 1. The minimum absolute atomic E-state index is 0.0768. The van der Waals surface area contributed by atoms with E-state index in [4.69, 9.17) is 34.8 Å². The van der Waals surface area contributed by atoms with Crippen molar-refractivity contribution in [1.82, 2.24) is 19.9 Å². The molecule has 0 aliphatic heterocycles. The number of fused-ring (bicyclic) bond motifs is 1. The molecule has 1 N–H and O–H groups in total. The molecule has 1 aromatic carbocycles. The largest absolute Gasteiger partial charge is 0.341 e. The number of carbonyl (C=O) groups excluding carboxylic acids is 1. The summed E-state index contributed by atoms with van der Waals surface area (Å²) in [4.78, 5) is 27.6. The lowest BCUT2D eigenvalue weighted by Gasteiger charge is -2.16. The predicted octanol–water partition coefficient (Wildman–Crippen LogP) is 3.61. The normalized spacial score (nSPS) is 10.8. The number of imidazole rings is 1. The van der Waals surface area contributed by atoms with E-state index in [9.17, 15) is 4.79 Å². The Morgan fingerprint density at radius 2 is 1.81 bits per heavy atom. The Kier molecular flexibility index (Phi) is 3.67. The second kappa shape index (κ2) is 5.48. The molecule has 0 unspecified atom stereocenters. The molecule has 0 saturated heterocycles. The van der Waals surface area contributed by atoms with Crippen molar-refractivity contribution in [2.75, 3.05) is 4.90 Å². The SMILES string of the molecule is O=CN(c1cc(Cl)cc(Cl)c1)c1nc(Cl)c2[nH]cnc2n1. The molecule has 0 radical (unpaired) electrons. The van der Waals surface area contributed by atoms with Gasteiger partial charge in [-0.2, -0.15) is 9.97 Å². The van der Waals surface area contributed by atoms with Gasteiger partial charge in [0.05, 0.1) is 12.0 Å². The first-order chi connectivity index (χ1) is 10.1. The van der Waals surface area contributed by atoms with Crippen molar-refractivity contribution < 1.29 is 4.79 Å². The van der Waals surface area contributed by atoms with Crippen molar-refractivity contribution in [3.8, 4) is 0 Å². The van der Waals surface area contributed by atoms with Gasteiger partial charge >= 0.3 is 0 Å². The highest BCUT2D eigenvalue weighted by molar-refractivity contribution is 6.35. The van der Waals surface area contributed by atoms with E-state index in [0.29, 0.717) is 33.3 Å². The van der Waals surface area contributed by atoms with E-state index in [1.165, 1.54) is 11.2 Å². The van der Waals surface area contributed by atoms with Crippen molar-refractivity contribution >= 4 is 64.0 Å². The summed E-state index contributed by atoms with van der Waals surface area (Å²) in [5.74, 6) is 0.0768. The maximum atomic E-state index is 11.4. The van der Waals surface area contributed by atoms with Crippen LogP contribution < -0.4 is 4.90 Å². The van der Waals surface area contributed by atoms with Gasteiger partial charge in [-0.25, -0.2) is 4.98 Å². The summed E-state index contributed by atoms with van der Waals surface area (Å²) in [7, 11) is 0. The number of aromatic nitrogens is 4. The van der Waals surface area contributed by atoms with Crippen LogP contribution in [-0.2, 0) is 4.79 Å². The fourth-order valence-corrected chi connectivity index (χ4v) is 2.53. The van der Waals surface area contributed by atoms with Gasteiger partial charge in [0.2, 0.25) is 12.4 Å². The lowest BCUT2D eigenvalue weighted by molar-refractivity contribution is -0.106. The smallest absolute Gasteiger partial charge is 0.240 e. The third-order valence-corrected chi connectivity index (χ3v) is 3.39. The Bertz CT molecular complexity index is 815. The molecule has 1 amide bonds. The molecule has 0 atom stereocenters. The van der Waals surface area contributed by atoms with E-state index in [1.54, 1.807) is 18.2 Å². The number of H-pyrrole nitrogens is 1. The van der Waals surface area contributed by atoms with Crippen LogP contribution in [0.3, 0.4) is 0 Å². The first kappa shape index (κ1) is 14.1. The zero-order valence-electron chi connectivity index (χ0n) is 10.2. The minimum Gasteiger partial charge on any atom is -0.341 e. The zero-order valence-corrected chi connectivity index (χ0v) is 12.5. The Morgan fingerprint density at radius 3 is 2.48 bits per heavy atom. The topological polar surface area (TPSA) is 74.8 Å². The van der Waals surface area contributed by atoms with Crippen molar-refractivity contribution in [3.63, 3.8) is 0 Å². The molecular formula is C12H6Cl3N5O. The van der Waals surface area contributed by atoms with Gasteiger partial charge in [-0.15, -0.1) is 0 Å². The van der Waals surface area contributed by atoms with Gasteiger partial charge in [0.15, 0.2) is 10.8 Å². The first-order valence-electron chi connectivity index (χ1n) is 5.66. The maximum absolute atomic E-state index is 11.4. The third kappa shape index (κ3) is 2.65. The van der Waals surface area contributed by atoms with E-state index in [0.717, 1.165) is 0 Å². The van der Waals surface area contributed by atoms with Gasteiger partial charge in [-0.1, -0.05) is 34.8 Å². The molecule has 0 spiro atoms. The summed E-state index contributed by atoms with van der Waals surface area (Å²) in [5.41, 5.74) is 1.27. The minimum atomic E-state index is 0.0768. The van der Waals surface area contributed by atoms with Crippen LogP contribution >= 0.6 is 34.8 Å². The van der Waals surface area contributed by atoms with Crippen LogP contribution in [0.25, 0.3) is 11.2 Å². The Labute approximate surface area is 133 Å². The molecule has 2 heterocycles. The molecule has 6 nitrogen and oxygen atoms in total. The van der Waals surface area contributed by atoms with Gasteiger partial charge < -0.3 is 4.98 Å². The van der Waals surface area contributed by atoms with Gasteiger partial charge in [-0.3, -0.25) is 9.69 Å². The molecule has 9 heteroatoms. The average molecular weight is 343 g/mol. The quantitative estimate of drug-likeness (QED) is 0.583. The first-order valence-corrected chi connectivity index (χ1v) is 6.79. The Morgan fingerprint density at radius 1 is 1.10 bits per heavy atom. The monoisotopic (exact) mass is 341 g/mol. The summed E-state index contributed by atoms with van der Waals surface area (Å²) in [6, 6.07) is 4.68. The second-order valence-electron chi connectivity index (χ2n) is 4.02. The van der Waals surface area contributed by atoms with Gasteiger partial charge in [0.25, 0.3) is 0 Å². The number of carbonyl (C=O) groups is 1. The average Bonchev–Trinajstić information content (AvgIpc) is 2.87. The van der Waals surface area contributed by atoms with Crippen molar-refractivity contribution in [2.24, 2.45) is 0 Å². The number of benzene rings is 1. The van der Waals surface area contributed by atoms with E-state index in [2.05, 4.69) is 19.9 Å². The number of anilines is 2. The molecule has 0 saturated carbocycles. The predicted molar refractivity (Wildman–Crippen MR) is 81.4 cm³/mol. The zero-order chi connectivity index (χ0) is 15.0. The highest BCUT2D eigenvalue weighted by Gasteiger charge is 2.16. The number of rotatable bonds is 3. The number of nitrogens with one attached hydrogen (secondary N) is 1. The molecule has 0 fully saturated rings. The van der Waals surface area contributed by atoms with Gasteiger partial charge in [0, 0.05) is 10.0 Å². The summed E-state index contributed by atoms with van der Waals surface area (Å²) in [5, 5.41) is 0.931. The van der Waals surface area contributed by atoms with Crippen LogP contribution in [0, 0.1) is 0 Å². The molecule has 2 aromatic heterocycles. The molecular weight excluding hydrogens is 337 g/mol. The summed E-state index contributed by atoms with van der Waals surface area (Å²) >= 11 is 17.9. The molecule has 106 valence electrons. The fourth-order valence-electron chi connectivity index (χ4n) is 1.80. The molecule has 0 aliphatic rings. The molecule has 21 heavy (non-hydrogen) atoms. The van der Waals surface area contributed by atoms with Crippen molar-refractivity contribution in [2.45, 2.75) is 0 Å². The number of hydrogen-bond acceptors (Lipinski definition) is 4. The Balaban J connectivity index is 2.15. The summed E-state index contributed by atoms with van der Waals surface area (Å²) < 4.78 is 0. The summed E-state index contributed by atoms with van der Waals surface area (Å²) in [6.45, 7) is 0. The highest BCUT2D eigenvalue weighted by atomic mass is 35.5. The molecule has 0 bridgehead atoms. The number of halogens is 3. The van der Waals surface area contributed by atoms with E-state index < -0.39 is 0 Å². The van der Waals surface area contributed by atoms with E-state index in [-0.39, 0.29) is 11.1 Å². The third-order valence-electron chi connectivity index (χ3n) is 2.68. The second-order valence-corrected chi connectivity index (χ2v) is 5.25. The molecule has 3 aromatic rings. The van der Waals surface area contributed by atoms with E-state index >= 15 is 0 Å². The van der Waals surface area contributed by atoms with E-state index in [1.807, 2.05) is 0 Å². The van der Waals surface area contributed by atoms with Crippen molar-refractivity contribution in [1.29, 1.82) is 0 Å². The van der Waals surface area contributed by atoms with Crippen LogP contribution in [0.2, 0.25) is 15.2 Å². The van der Waals surface area contributed by atoms with Crippen LogP contribution in [0.4, 0.5) is 11.6 Å². The van der Waals surface area contributed by atoms with Crippen LogP contribution in [-0.4, -0.2) is 26.3 Å². The Hall–Kier alpha value is -1.89. The number of hydrogen-bond donors (Lipinski definition) is 1. The van der Waals surface area contributed by atoms with Crippen molar-refractivity contribution in [3.05, 3.63) is 39.7 Å². The standard InChI is InChI=1S/C12H6Cl3N5O/c13-6-1-7(14)3-8(2-6)20(5-21)12-18-10(15)9-11(19-12)17-4-16-9/h1-5H,(H,16,17,18,19). The number of amides is 1. The van der Waals surface area contributed by atoms with Gasteiger partial charge in [-0.05, 0) is 18.2 Å². The van der Waals surface area contributed by atoms with Gasteiger partial charge in [0.1, 0.15) is 5.52 Å².